The van der Waals surface area contributed by atoms with Gasteiger partial charge >= 0.3 is 0 Å². The molecule has 2 heterocycles. The molecule has 0 N–H and O–H groups in total. The summed E-state index contributed by atoms with van der Waals surface area (Å²) in [4.78, 5) is 17.7. The van der Waals surface area contributed by atoms with Gasteiger partial charge in [-0.1, -0.05) is 43.4 Å². The van der Waals surface area contributed by atoms with Gasteiger partial charge in [0.2, 0.25) is 6.79 Å². The first-order valence-corrected chi connectivity index (χ1v) is 10.1. The molecule has 1 aliphatic rings. The average Bonchev–Trinajstić information content (AvgIpc) is 3.26. The fraction of sp³-hybridized carbons (Fsp3) is 0.273. The number of carbonyl (C=O) groups excluding carboxylic acids is 1. The quantitative estimate of drug-likeness (QED) is 0.602. The molecule has 1 amide bonds. The molecular formula is C22H22N2O3S. The average molecular weight is 394 g/mol. The molecule has 6 heteroatoms. The van der Waals surface area contributed by atoms with E-state index in [4.69, 9.17) is 9.47 Å². The number of hydrogen-bond acceptors (Lipinski definition) is 4. The van der Waals surface area contributed by atoms with Crippen LogP contribution in [0.3, 0.4) is 0 Å². The normalized spacial score (nSPS) is 13.5. The number of hydrogen-bond donors (Lipinski definition) is 0. The molecule has 1 aromatic heterocycles. The molecule has 0 unspecified atom stereocenters. The second kappa shape index (κ2) is 7.64. The van der Waals surface area contributed by atoms with Crippen molar-refractivity contribution < 1.29 is 14.3 Å². The molecule has 0 saturated heterocycles. The zero-order valence-electron chi connectivity index (χ0n) is 16.0. The van der Waals surface area contributed by atoms with Crippen LogP contribution in [0, 0.1) is 0 Å². The van der Waals surface area contributed by atoms with Gasteiger partial charge in [-0.15, -0.1) is 6.58 Å². The van der Waals surface area contributed by atoms with E-state index in [1.807, 2.05) is 28.8 Å². The predicted molar refractivity (Wildman–Crippen MR) is 111 cm³/mol. The molecule has 0 saturated carbocycles. The van der Waals surface area contributed by atoms with Gasteiger partial charge in [0.15, 0.2) is 16.3 Å². The van der Waals surface area contributed by atoms with Crippen molar-refractivity contribution in [2.24, 2.45) is 4.99 Å². The molecule has 0 atom stereocenters. The third kappa shape index (κ3) is 3.60. The van der Waals surface area contributed by atoms with Crippen LogP contribution in [0.2, 0.25) is 0 Å². The molecule has 3 aromatic rings. The van der Waals surface area contributed by atoms with Crippen molar-refractivity contribution in [2.75, 3.05) is 6.79 Å². The maximum atomic E-state index is 12.6. The summed E-state index contributed by atoms with van der Waals surface area (Å²) in [5.74, 6) is 1.65. The minimum Gasteiger partial charge on any atom is -0.454 e. The van der Waals surface area contributed by atoms with Crippen LogP contribution >= 0.6 is 11.3 Å². The van der Waals surface area contributed by atoms with Gasteiger partial charge < -0.3 is 14.0 Å². The minimum atomic E-state index is -0.188. The zero-order chi connectivity index (χ0) is 19.7. The van der Waals surface area contributed by atoms with Crippen molar-refractivity contribution in [3.63, 3.8) is 0 Å². The second-order valence-electron chi connectivity index (χ2n) is 7.04. The molecule has 5 nitrogen and oxygen atoms in total. The maximum Gasteiger partial charge on any atom is 0.252 e. The minimum absolute atomic E-state index is 0.188. The topological polar surface area (TPSA) is 52.8 Å². The lowest BCUT2D eigenvalue weighted by Gasteiger charge is -2.06. The molecule has 28 heavy (non-hydrogen) atoms. The van der Waals surface area contributed by atoms with Gasteiger partial charge in [0.05, 0.1) is 16.6 Å². The summed E-state index contributed by atoms with van der Waals surface area (Å²) in [6.07, 6.45) is 2.04. The number of carbonyl (C=O) groups is 1. The Morgan fingerprint density at radius 1 is 1.25 bits per heavy atom. The van der Waals surface area contributed by atoms with E-state index in [1.54, 1.807) is 0 Å². The highest BCUT2D eigenvalue weighted by atomic mass is 32.1. The SMILES string of the molecule is C=CCn1c(=NC(=O)Cc2ccc3c(c2)OCO3)sc2cc(C(C)C)ccc21. The van der Waals surface area contributed by atoms with Gasteiger partial charge in [-0.05, 0) is 41.3 Å². The third-order valence-electron chi connectivity index (χ3n) is 4.70. The lowest BCUT2D eigenvalue weighted by Crippen LogP contribution is -2.16. The van der Waals surface area contributed by atoms with E-state index in [0.717, 1.165) is 15.8 Å². The summed E-state index contributed by atoms with van der Waals surface area (Å²) in [6, 6.07) is 12.0. The summed E-state index contributed by atoms with van der Waals surface area (Å²) >= 11 is 1.54. The Balaban J connectivity index is 1.68. The molecule has 0 bridgehead atoms. The fourth-order valence-corrected chi connectivity index (χ4v) is 4.32. The Kier molecular flexibility index (Phi) is 5.05. The van der Waals surface area contributed by atoms with Crippen molar-refractivity contribution in [2.45, 2.75) is 32.7 Å². The highest BCUT2D eigenvalue weighted by Gasteiger charge is 2.15. The van der Waals surface area contributed by atoms with Crippen LogP contribution in [0.15, 0.2) is 54.0 Å². The number of rotatable bonds is 5. The third-order valence-corrected chi connectivity index (χ3v) is 5.74. The van der Waals surface area contributed by atoms with E-state index in [-0.39, 0.29) is 19.1 Å². The lowest BCUT2D eigenvalue weighted by atomic mass is 10.0. The Bertz CT molecular complexity index is 1120. The fourth-order valence-electron chi connectivity index (χ4n) is 3.21. The molecule has 0 fully saturated rings. The molecule has 0 aliphatic carbocycles. The van der Waals surface area contributed by atoms with Gasteiger partial charge in [0.1, 0.15) is 0 Å². The number of nitrogens with zero attached hydrogens (tertiary/aromatic N) is 2. The number of fused-ring (bicyclic) bond motifs is 2. The van der Waals surface area contributed by atoms with Crippen LogP contribution in [-0.2, 0) is 17.8 Å². The van der Waals surface area contributed by atoms with Crippen molar-refractivity contribution in [1.82, 2.24) is 4.57 Å². The molecule has 4 rings (SSSR count). The van der Waals surface area contributed by atoms with Crippen molar-refractivity contribution in [1.29, 1.82) is 0 Å². The summed E-state index contributed by atoms with van der Waals surface area (Å²) in [7, 11) is 0. The second-order valence-corrected chi connectivity index (χ2v) is 8.04. The van der Waals surface area contributed by atoms with E-state index >= 15 is 0 Å². The van der Waals surface area contributed by atoms with Crippen LogP contribution in [0.1, 0.15) is 30.9 Å². The molecule has 144 valence electrons. The molecule has 2 aromatic carbocycles. The van der Waals surface area contributed by atoms with Crippen LogP contribution in [0.4, 0.5) is 0 Å². The van der Waals surface area contributed by atoms with Gasteiger partial charge in [-0.25, -0.2) is 0 Å². The van der Waals surface area contributed by atoms with Crippen molar-refractivity contribution in [3.8, 4) is 11.5 Å². The van der Waals surface area contributed by atoms with E-state index in [9.17, 15) is 4.79 Å². The van der Waals surface area contributed by atoms with E-state index in [2.05, 4.69) is 43.6 Å². The van der Waals surface area contributed by atoms with Crippen molar-refractivity contribution in [3.05, 3.63) is 65.0 Å². The van der Waals surface area contributed by atoms with E-state index in [0.29, 0.717) is 28.8 Å². The highest BCUT2D eigenvalue weighted by molar-refractivity contribution is 7.16. The number of amides is 1. The predicted octanol–water partition coefficient (Wildman–Crippen LogP) is 4.41. The van der Waals surface area contributed by atoms with Gasteiger partial charge in [0, 0.05) is 6.54 Å². The first-order valence-electron chi connectivity index (χ1n) is 9.25. The largest absolute Gasteiger partial charge is 0.454 e. The number of allylic oxidation sites excluding steroid dienone is 1. The highest BCUT2D eigenvalue weighted by Crippen LogP contribution is 2.32. The van der Waals surface area contributed by atoms with Gasteiger partial charge in [0.25, 0.3) is 5.91 Å². The zero-order valence-corrected chi connectivity index (χ0v) is 16.8. The van der Waals surface area contributed by atoms with Crippen LogP contribution < -0.4 is 14.3 Å². The Labute approximate surface area is 167 Å². The Morgan fingerprint density at radius 2 is 2.07 bits per heavy atom. The number of aromatic nitrogens is 1. The number of benzene rings is 2. The lowest BCUT2D eigenvalue weighted by molar-refractivity contribution is -0.117. The maximum absolute atomic E-state index is 12.6. The summed E-state index contributed by atoms with van der Waals surface area (Å²) in [5, 5.41) is 0. The molecular weight excluding hydrogens is 372 g/mol. The van der Waals surface area contributed by atoms with E-state index < -0.39 is 0 Å². The van der Waals surface area contributed by atoms with E-state index in [1.165, 1.54) is 16.9 Å². The Hall–Kier alpha value is -2.86. The first-order chi connectivity index (χ1) is 13.5. The summed E-state index contributed by atoms with van der Waals surface area (Å²) < 4.78 is 13.9. The smallest absolute Gasteiger partial charge is 0.252 e. The standard InChI is InChI=1S/C22H22N2O3S/c1-4-9-24-17-7-6-16(14(2)3)12-20(17)28-22(24)23-21(25)11-15-5-8-18-19(10-15)27-13-26-18/h4-8,10,12,14H,1,9,11,13H2,2-3H3. The van der Waals surface area contributed by atoms with Crippen LogP contribution in [0.5, 0.6) is 11.5 Å². The molecule has 1 aliphatic heterocycles. The van der Waals surface area contributed by atoms with Gasteiger partial charge in [-0.2, -0.15) is 4.99 Å². The Morgan fingerprint density at radius 3 is 2.86 bits per heavy atom. The van der Waals surface area contributed by atoms with Crippen LogP contribution in [0.25, 0.3) is 10.2 Å². The molecule has 0 radical (unpaired) electrons. The van der Waals surface area contributed by atoms with Crippen molar-refractivity contribution >= 4 is 27.5 Å². The monoisotopic (exact) mass is 394 g/mol. The first kappa shape index (κ1) is 18.5. The summed E-state index contributed by atoms with van der Waals surface area (Å²) in [5.41, 5.74) is 3.21. The number of thiazole rings is 1. The van der Waals surface area contributed by atoms with Crippen LogP contribution in [-0.4, -0.2) is 17.3 Å². The number of ether oxygens (including phenoxy) is 2. The molecule has 0 spiro atoms. The summed E-state index contributed by atoms with van der Waals surface area (Å²) in [6.45, 7) is 9.02. The van der Waals surface area contributed by atoms with Gasteiger partial charge in [-0.3, -0.25) is 4.79 Å².